The van der Waals surface area contributed by atoms with Gasteiger partial charge in [-0.3, -0.25) is 9.10 Å². The number of benzene rings is 2. The number of carbonyl (C=O) groups is 1. The van der Waals surface area contributed by atoms with E-state index in [9.17, 15) is 13.2 Å². The molecule has 2 rings (SSSR count). The van der Waals surface area contributed by atoms with Crippen molar-refractivity contribution >= 4 is 21.6 Å². The summed E-state index contributed by atoms with van der Waals surface area (Å²) in [5, 5.41) is 2.81. The maximum Gasteiger partial charge on any atom is 0.241 e. The van der Waals surface area contributed by atoms with Gasteiger partial charge in [0, 0.05) is 0 Å². The first-order valence-corrected chi connectivity index (χ1v) is 11.0. The van der Waals surface area contributed by atoms with Crippen molar-refractivity contribution in [3.8, 4) is 5.75 Å². The molecule has 0 aliphatic carbocycles. The molecule has 0 bridgehead atoms. The zero-order valence-corrected chi connectivity index (χ0v) is 17.8. The lowest BCUT2D eigenvalue weighted by Gasteiger charge is -2.26. The highest BCUT2D eigenvalue weighted by atomic mass is 32.2. The fraction of sp³-hybridized carbons (Fsp3) is 0.381. The van der Waals surface area contributed by atoms with Crippen molar-refractivity contribution in [3.05, 3.63) is 59.2 Å². The van der Waals surface area contributed by atoms with E-state index in [-0.39, 0.29) is 18.5 Å². The molecule has 28 heavy (non-hydrogen) atoms. The van der Waals surface area contributed by atoms with Gasteiger partial charge in [0.2, 0.25) is 15.9 Å². The molecule has 0 saturated heterocycles. The minimum atomic E-state index is -3.61. The summed E-state index contributed by atoms with van der Waals surface area (Å²) in [5.41, 5.74) is 3.16. The Morgan fingerprint density at radius 1 is 1.04 bits per heavy atom. The Labute approximate surface area is 167 Å². The first kappa shape index (κ1) is 21.8. The second-order valence-electron chi connectivity index (χ2n) is 7.06. The molecule has 0 fully saturated rings. The second kappa shape index (κ2) is 9.10. The molecule has 0 heterocycles. The van der Waals surface area contributed by atoms with Gasteiger partial charge in [0.25, 0.3) is 0 Å². The second-order valence-corrected chi connectivity index (χ2v) is 8.96. The number of ether oxygens (including phenoxy) is 1. The predicted octanol–water partition coefficient (Wildman–Crippen LogP) is 2.96. The van der Waals surface area contributed by atoms with E-state index in [2.05, 4.69) is 5.32 Å². The van der Waals surface area contributed by atoms with Gasteiger partial charge in [-0.25, -0.2) is 8.42 Å². The fourth-order valence-electron chi connectivity index (χ4n) is 2.99. The molecule has 0 saturated carbocycles. The molecular formula is C21H28N2O4S. The van der Waals surface area contributed by atoms with E-state index in [1.165, 1.54) is 0 Å². The molecule has 0 spiro atoms. The minimum Gasteiger partial charge on any atom is -0.491 e. The van der Waals surface area contributed by atoms with Crippen LogP contribution in [0.5, 0.6) is 5.75 Å². The number of nitrogens with one attached hydrogen (secondary N) is 1. The number of hydrogen-bond acceptors (Lipinski definition) is 4. The van der Waals surface area contributed by atoms with E-state index in [4.69, 9.17) is 4.74 Å². The third-order valence-electron chi connectivity index (χ3n) is 4.37. The summed E-state index contributed by atoms with van der Waals surface area (Å²) < 4.78 is 31.6. The third kappa shape index (κ3) is 5.73. The molecule has 2 aromatic carbocycles. The highest BCUT2D eigenvalue weighted by Crippen LogP contribution is 2.26. The third-order valence-corrected chi connectivity index (χ3v) is 5.48. The summed E-state index contributed by atoms with van der Waals surface area (Å²) in [4.78, 5) is 12.5. The van der Waals surface area contributed by atoms with Gasteiger partial charge in [-0.05, 0) is 50.5 Å². The Hall–Kier alpha value is -2.54. The summed E-state index contributed by atoms with van der Waals surface area (Å²) in [6, 6.07) is 12.9. The molecule has 1 unspecified atom stereocenters. The number of amides is 1. The number of para-hydroxylation sites is 2. The van der Waals surface area contributed by atoms with Crippen LogP contribution in [0, 0.1) is 20.8 Å². The summed E-state index contributed by atoms with van der Waals surface area (Å²) in [7, 11) is -3.61. The zero-order valence-electron chi connectivity index (χ0n) is 17.0. The molecule has 1 amide bonds. The normalized spacial score (nSPS) is 12.3. The van der Waals surface area contributed by atoms with Crippen molar-refractivity contribution in [2.45, 2.75) is 33.7 Å². The molecule has 152 valence electrons. The van der Waals surface area contributed by atoms with Gasteiger partial charge in [0.05, 0.1) is 18.0 Å². The first-order chi connectivity index (χ1) is 13.1. The van der Waals surface area contributed by atoms with Crippen molar-refractivity contribution in [2.24, 2.45) is 0 Å². The predicted molar refractivity (Wildman–Crippen MR) is 112 cm³/mol. The van der Waals surface area contributed by atoms with E-state index >= 15 is 0 Å². The van der Waals surface area contributed by atoms with Crippen LogP contribution in [-0.2, 0) is 14.8 Å². The Balaban J connectivity index is 2.05. The van der Waals surface area contributed by atoms with E-state index in [0.29, 0.717) is 12.3 Å². The van der Waals surface area contributed by atoms with Crippen LogP contribution in [-0.4, -0.2) is 39.8 Å². The monoisotopic (exact) mass is 404 g/mol. The van der Waals surface area contributed by atoms with Gasteiger partial charge < -0.3 is 10.1 Å². The van der Waals surface area contributed by atoms with Crippen LogP contribution in [0.1, 0.15) is 23.6 Å². The minimum absolute atomic E-state index is 0.272. The van der Waals surface area contributed by atoms with Crippen LogP contribution >= 0.6 is 0 Å². The maximum atomic E-state index is 12.5. The highest BCUT2D eigenvalue weighted by Gasteiger charge is 2.24. The molecule has 2 aromatic rings. The van der Waals surface area contributed by atoms with Gasteiger partial charge in [-0.15, -0.1) is 0 Å². The van der Waals surface area contributed by atoms with E-state index < -0.39 is 10.0 Å². The lowest BCUT2D eigenvalue weighted by Crippen LogP contribution is -2.45. The number of hydrogen-bond donors (Lipinski definition) is 1. The van der Waals surface area contributed by atoms with Crippen molar-refractivity contribution in [3.63, 3.8) is 0 Å². The Bertz CT molecular complexity index is 921. The number of carbonyl (C=O) groups excluding carboxylic acids is 1. The van der Waals surface area contributed by atoms with Gasteiger partial charge in [0.1, 0.15) is 18.9 Å². The first-order valence-electron chi connectivity index (χ1n) is 9.11. The molecule has 1 atom stereocenters. The van der Waals surface area contributed by atoms with Gasteiger partial charge in [-0.2, -0.15) is 0 Å². The smallest absolute Gasteiger partial charge is 0.241 e. The fourth-order valence-corrected chi connectivity index (χ4v) is 3.96. The van der Waals surface area contributed by atoms with Crippen LogP contribution in [0.15, 0.2) is 42.5 Å². The summed E-state index contributed by atoms with van der Waals surface area (Å²) in [5.74, 6) is 0.380. The van der Waals surface area contributed by atoms with Gasteiger partial charge in [0.15, 0.2) is 0 Å². The van der Waals surface area contributed by atoms with E-state index in [1.54, 1.807) is 0 Å². The Morgan fingerprint density at radius 2 is 1.61 bits per heavy atom. The van der Waals surface area contributed by atoms with Crippen molar-refractivity contribution in [1.29, 1.82) is 0 Å². The van der Waals surface area contributed by atoms with Gasteiger partial charge in [-0.1, -0.05) is 36.4 Å². The lowest BCUT2D eigenvalue weighted by atomic mass is 10.1. The van der Waals surface area contributed by atoms with Crippen LogP contribution in [0.2, 0.25) is 0 Å². The average Bonchev–Trinajstić information content (AvgIpc) is 2.59. The van der Waals surface area contributed by atoms with Crippen molar-refractivity contribution < 1.29 is 17.9 Å². The van der Waals surface area contributed by atoms with Crippen molar-refractivity contribution in [1.82, 2.24) is 5.32 Å². The zero-order chi connectivity index (χ0) is 20.9. The topological polar surface area (TPSA) is 75.7 Å². The summed E-state index contributed by atoms with van der Waals surface area (Å²) >= 11 is 0. The molecule has 0 aromatic heterocycles. The number of rotatable bonds is 8. The molecule has 6 nitrogen and oxygen atoms in total. The molecule has 7 heteroatoms. The van der Waals surface area contributed by atoms with E-state index in [0.717, 1.165) is 33.0 Å². The van der Waals surface area contributed by atoms with Crippen molar-refractivity contribution in [2.75, 3.05) is 23.7 Å². The molecule has 0 aliphatic heterocycles. The molecule has 1 N–H and O–H groups in total. The Morgan fingerprint density at radius 3 is 2.18 bits per heavy atom. The summed E-state index contributed by atoms with van der Waals surface area (Å²) in [6.45, 7) is 7.44. The number of aryl methyl sites for hydroxylation is 3. The Kier molecular flexibility index (Phi) is 7.07. The number of nitrogens with zero attached hydrogens (tertiary/aromatic N) is 1. The van der Waals surface area contributed by atoms with E-state index in [1.807, 2.05) is 70.2 Å². The number of sulfonamides is 1. The molecular weight excluding hydrogens is 376 g/mol. The highest BCUT2D eigenvalue weighted by molar-refractivity contribution is 7.92. The van der Waals surface area contributed by atoms with Crippen LogP contribution in [0.25, 0.3) is 0 Å². The average molecular weight is 405 g/mol. The van der Waals surface area contributed by atoms with Gasteiger partial charge >= 0.3 is 0 Å². The quantitative estimate of drug-likeness (QED) is 0.734. The standard InChI is InChI=1S/C21H28N2O4S/c1-15-9-6-7-12-19(15)27-14-18(4)22-20(24)13-23(28(5,25)26)21-16(2)10-8-11-17(21)3/h6-12,18H,13-14H2,1-5H3,(H,22,24). The lowest BCUT2D eigenvalue weighted by molar-refractivity contribution is -0.120. The SMILES string of the molecule is Cc1ccccc1OCC(C)NC(=O)CN(c1c(C)cccc1C)S(C)(=O)=O. The molecule has 0 aliphatic rings. The largest absolute Gasteiger partial charge is 0.491 e. The van der Waals surface area contributed by atoms with Crippen LogP contribution in [0.4, 0.5) is 5.69 Å². The van der Waals surface area contributed by atoms with Crippen LogP contribution in [0.3, 0.4) is 0 Å². The summed E-state index contributed by atoms with van der Waals surface area (Å²) in [6.07, 6.45) is 1.11. The number of anilines is 1. The van der Waals surface area contributed by atoms with Crippen LogP contribution < -0.4 is 14.4 Å². The maximum absolute atomic E-state index is 12.5. The molecule has 0 radical (unpaired) electrons.